The van der Waals surface area contributed by atoms with Crippen LogP contribution < -0.4 is 4.18 Å². The van der Waals surface area contributed by atoms with Gasteiger partial charge in [-0.2, -0.15) is 8.42 Å². The SMILES string of the molecule is CC(C)OC(=O)c1ccccc1S(=O)(=O)Oc1cccc(CN(C(=O)c2cccc(F)c2)C(C)C)c1. The van der Waals surface area contributed by atoms with Gasteiger partial charge >= 0.3 is 16.1 Å². The molecule has 0 saturated carbocycles. The number of hydrogen-bond acceptors (Lipinski definition) is 6. The molecule has 0 atom stereocenters. The highest BCUT2D eigenvalue weighted by Gasteiger charge is 2.26. The summed E-state index contributed by atoms with van der Waals surface area (Å²) in [6.07, 6.45) is -0.426. The Bertz CT molecular complexity index is 1350. The molecule has 0 N–H and O–H groups in total. The Morgan fingerprint density at radius 1 is 0.917 bits per heavy atom. The number of rotatable bonds is 9. The minimum Gasteiger partial charge on any atom is -0.459 e. The third-order valence-corrected chi connectivity index (χ3v) is 6.44. The fourth-order valence-corrected chi connectivity index (χ4v) is 4.58. The summed E-state index contributed by atoms with van der Waals surface area (Å²) < 4.78 is 50.2. The predicted octanol–water partition coefficient (Wildman–Crippen LogP) is 5.21. The van der Waals surface area contributed by atoms with E-state index in [2.05, 4.69) is 0 Å². The molecule has 36 heavy (non-hydrogen) atoms. The average Bonchev–Trinajstić information content (AvgIpc) is 2.81. The summed E-state index contributed by atoms with van der Waals surface area (Å²) in [4.78, 5) is 26.6. The van der Waals surface area contributed by atoms with Gasteiger partial charge in [-0.15, -0.1) is 0 Å². The molecule has 0 bridgehead atoms. The van der Waals surface area contributed by atoms with Crippen LogP contribution in [0.2, 0.25) is 0 Å². The molecule has 0 unspecified atom stereocenters. The fraction of sp³-hybridized carbons (Fsp3) is 0.259. The Morgan fingerprint density at radius 3 is 2.28 bits per heavy atom. The van der Waals surface area contributed by atoms with Crippen molar-refractivity contribution < 1.29 is 31.3 Å². The first-order valence-electron chi connectivity index (χ1n) is 11.4. The van der Waals surface area contributed by atoms with Gasteiger partial charge in [-0.1, -0.05) is 30.3 Å². The highest BCUT2D eigenvalue weighted by molar-refractivity contribution is 7.87. The minimum atomic E-state index is -4.37. The molecule has 0 aliphatic carbocycles. The summed E-state index contributed by atoms with van der Waals surface area (Å²) in [7, 11) is -4.37. The van der Waals surface area contributed by atoms with Gasteiger partial charge in [0.25, 0.3) is 5.91 Å². The molecule has 0 aliphatic heterocycles. The van der Waals surface area contributed by atoms with E-state index in [9.17, 15) is 22.4 Å². The lowest BCUT2D eigenvalue weighted by Crippen LogP contribution is -2.36. The van der Waals surface area contributed by atoms with Crippen molar-refractivity contribution in [2.75, 3.05) is 0 Å². The van der Waals surface area contributed by atoms with Crippen molar-refractivity contribution in [1.82, 2.24) is 4.90 Å². The van der Waals surface area contributed by atoms with Gasteiger partial charge in [-0.25, -0.2) is 9.18 Å². The van der Waals surface area contributed by atoms with Crippen LogP contribution in [-0.2, 0) is 21.4 Å². The molecule has 1 amide bonds. The molecule has 9 heteroatoms. The van der Waals surface area contributed by atoms with E-state index < -0.39 is 28.0 Å². The Balaban J connectivity index is 1.85. The van der Waals surface area contributed by atoms with Gasteiger partial charge in [0.05, 0.1) is 11.7 Å². The van der Waals surface area contributed by atoms with Crippen molar-refractivity contribution in [2.24, 2.45) is 0 Å². The van der Waals surface area contributed by atoms with Crippen LogP contribution in [0.1, 0.15) is 54.0 Å². The van der Waals surface area contributed by atoms with E-state index in [4.69, 9.17) is 8.92 Å². The summed E-state index contributed by atoms with van der Waals surface area (Å²) >= 11 is 0. The molecule has 0 fully saturated rings. The first kappa shape index (κ1) is 26.9. The number of benzene rings is 3. The van der Waals surface area contributed by atoms with Crippen molar-refractivity contribution in [3.05, 3.63) is 95.3 Å². The van der Waals surface area contributed by atoms with Crippen LogP contribution in [0.4, 0.5) is 4.39 Å². The molecule has 0 aromatic heterocycles. The average molecular weight is 514 g/mol. The van der Waals surface area contributed by atoms with Crippen LogP contribution >= 0.6 is 0 Å². The van der Waals surface area contributed by atoms with Gasteiger partial charge in [-0.05, 0) is 75.7 Å². The summed E-state index contributed by atoms with van der Waals surface area (Å²) in [6.45, 7) is 7.12. The Hall–Kier alpha value is -3.72. The van der Waals surface area contributed by atoms with E-state index in [-0.39, 0.29) is 40.3 Å². The number of halogens is 1. The normalized spacial score (nSPS) is 11.4. The smallest absolute Gasteiger partial charge is 0.340 e. The summed E-state index contributed by atoms with van der Waals surface area (Å²) in [6, 6.07) is 17.2. The molecular formula is C27H28FNO6S. The van der Waals surface area contributed by atoms with E-state index in [0.29, 0.717) is 5.56 Å². The maximum absolute atomic E-state index is 13.6. The molecule has 0 spiro atoms. The maximum atomic E-state index is 13.6. The van der Waals surface area contributed by atoms with E-state index in [1.807, 2.05) is 13.8 Å². The zero-order valence-corrected chi connectivity index (χ0v) is 21.3. The largest absolute Gasteiger partial charge is 0.459 e. The van der Waals surface area contributed by atoms with Crippen molar-refractivity contribution in [3.63, 3.8) is 0 Å². The topological polar surface area (TPSA) is 90.0 Å². The van der Waals surface area contributed by atoms with Crippen LogP contribution in [0, 0.1) is 5.82 Å². The van der Waals surface area contributed by atoms with Gasteiger partial charge in [0.1, 0.15) is 16.5 Å². The van der Waals surface area contributed by atoms with Crippen LogP contribution in [0.25, 0.3) is 0 Å². The Kier molecular flexibility index (Phi) is 8.47. The number of carbonyl (C=O) groups is 2. The van der Waals surface area contributed by atoms with Gasteiger partial charge < -0.3 is 13.8 Å². The molecule has 0 heterocycles. The van der Waals surface area contributed by atoms with Crippen LogP contribution in [-0.4, -0.2) is 37.3 Å². The fourth-order valence-electron chi connectivity index (χ4n) is 3.47. The van der Waals surface area contributed by atoms with Crippen LogP contribution in [0.15, 0.2) is 77.7 Å². The van der Waals surface area contributed by atoms with Gasteiger partial charge in [0, 0.05) is 18.2 Å². The lowest BCUT2D eigenvalue weighted by Gasteiger charge is -2.27. The second-order valence-corrected chi connectivity index (χ2v) is 10.2. The lowest BCUT2D eigenvalue weighted by molar-refractivity contribution is 0.0372. The number of esters is 1. The summed E-state index contributed by atoms with van der Waals surface area (Å²) in [5.74, 6) is -1.63. The highest BCUT2D eigenvalue weighted by atomic mass is 32.2. The zero-order chi connectivity index (χ0) is 26.5. The number of ether oxygens (including phenoxy) is 1. The molecule has 3 aromatic carbocycles. The van der Waals surface area contributed by atoms with E-state index in [1.54, 1.807) is 30.9 Å². The van der Waals surface area contributed by atoms with Gasteiger partial charge in [0.2, 0.25) is 0 Å². The van der Waals surface area contributed by atoms with Crippen molar-refractivity contribution >= 4 is 22.0 Å². The van der Waals surface area contributed by atoms with Crippen molar-refractivity contribution in [1.29, 1.82) is 0 Å². The number of hydrogen-bond donors (Lipinski definition) is 0. The molecular weight excluding hydrogens is 485 g/mol. The maximum Gasteiger partial charge on any atom is 0.340 e. The van der Waals surface area contributed by atoms with Crippen molar-refractivity contribution in [3.8, 4) is 5.75 Å². The molecule has 190 valence electrons. The van der Waals surface area contributed by atoms with Crippen LogP contribution in [0.3, 0.4) is 0 Å². The van der Waals surface area contributed by atoms with E-state index in [1.165, 1.54) is 60.7 Å². The third kappa shape index (κ3) is 6.69. The molecule has 3 aromatic rings. The third-order valence-electron chi connectivity index (χ3n) is 5.13. The number of amides is 1. The summed E-state index contributed by atoms with van der Waals surface area (Å²) in [5.41, 5.74) is 0.686. The molecule has 0 saturated heterocycles. The van der Waals surface area contributed by atoms with Crippen LogP contribution in [0.5, 0.6) is 5.75 Å². The monoisotopic (exact) mass is 513 g/mol. The predicted molar refractivity (Wildman–Crippen MR) is 133 cm³/mol. The highest BCUT2D eigenvalue weighted by Crippen LogP contribution is 2.24. The first-order valence-corrected chi connectivity index (χ1v) is 12.8. The van der Waals surface area contributed by atoms with E-state index >= 15 is 0 Å². The zero-order valence-electron chi connectivity index (χ0n) is 20.5. The second kappa shape index (κ2) is 11.3. The van der Waals surface area contributed by atoms with Gasteiger partial charge in [0.15, 0.2) is 0 Å². The molecule has 0 radical (unpaired) electrons. The van der Waals surface area contributed by atoms with Gasteiger partial charge in [-0.3, -0.25) is 4.79 Å². The minimum absolute atomic E-state index is 0.0152. The molecule has 0 aliphatic rings. The standard InChI is InChI=1S/C27H28FNO6S/c1-18(2)29(26(30)21-10-8-11-22(28)16-21)17-20-9-7-12-23(15-20)35-36(32,33)25-14-6-5-13-24(25)27(31)34-19(3)4/h5-16,18-19H,17H2,1-4H3. The Morgan fingerprint density at radius 2 is 1.61 bits per heavy atom. The second-order valence-electron chi connectivity index (χ2n) is 8.67. The lowest BCUT2D eigenvalue weighted by atomic mass is 10.1. The number of nitrogens with zero attached hydrogens (tertiary/aromatic N) is 1. The van der Waals surface area contributed by atoms with E-state index in [0.717, 1.165) is 0 Å². The quantitative estimate of drug-likeness (QED) is 0.288. The first-order chi connectivity index (χ1) is 17.0. The van der Waals surface area contributed by atoms with Crippen molar-refractivity contribution in [2.45, 2.75) is 51.3 Å². The Labute approximate surface area is 210 Å². The molecule has 7 nitrogen and oxygen atoms in total. The molecule has 3 rings (SSSR count). The summed E-state index contributed by atoms with van der Waals surface area (Å²) in [5, 5.41) is 0. The number of carbonyl (C=O) groups excluding carboxylic acids is 2.